The van der Waals surface area contributed by atoms with Crippen LogP contribution in [-0.2, 0) is 17.5 Å². The maximum absolute atomic E-state index is 15.3. The summed E-state index contributed by atoms with van der Waals surface area (Å²) in [5.41, 5.74) is -0.145. The summed E-state index contributed by atoms with van der Waals surface area (Å²) < 4.78 is 59.7. The van der Waals surface area contributed by atoms with Crippen LogP contribution in [0.25, 0.3) is 22.3 Å². The Kier molecular flexibility index (Phi) is 5.47. The molecule has 166 valence electrons. The molecule has 1 N–H and O–H groups in total. The van der Waals surface area contributed by atoms with Gasteiger partial charge in [-0.05, 0) is 49.8 Å². The number of rotatable bonds is 7. The van der Waals surface area contributed by atoms with Gasteiger partial charge in [-0.2, -0.15) is 5.26 Å². The molecule has 2 fully saturated rings. The molecule has 3 aromatic rings. The first-order valence-electron chi connectivity index (χ1n) is 10.5. The predicted molar refractivity (Wildman–Crippen MR) is 113 cm³/mol. The SMILES string of the molecule is N#Cc1nccc(C(F)F)c1-c1nc2c(cc1F)c(CNS(=O)C1CC1)cn2C1CCC1. The summed E-state index contributed by atoms with van der Waals surface area (Å²) in [6.45, 7) is 0.290. The standard InChI is InChI=1S/C22H20F3N5OS/c23-17-8-16-12(10-28-32(31)14-4-5-14)11-30(13-2-1-3-13)22(16)29-20(17)19-15(21(24)25)6-7-27-18(19)9-26/h6-8,11,13-14,21,28H,1-5,10H2. The zero-order chi connectivity index (χ0) is 22.4. The highest BCUT2D eigenvalue weighted by atomic mass is 32.2. The van der Waals surface area contributed by atoms with E-state index in [4.69, 9.17) is 0 Å². The van der Waals surface area contributed by atoms with Gasteiger partial charge in [-0.25, -0.2) is 32.1 Å². The molecule has 0 spiro atoms. The molecule has 2 aliphatic carbocycles. The van der Waals surface area contributed by atoms with Gasteiger partial charge in [0.15, 0.2) is 0 Å². The number of nitrogens with zero attached hydrogens (tertiary/aromatic N) is 4. The van der Waals surface area contributed by atoms with Crippen LogP contribution in [0.2, 0.25) is 0 Å². The zero-order valence-electron chi connectivity index (χ0n) is 17.0. The predicted octanol–water partition coefficient (Wildman–Crippen LogP) is 4.69. The molecular formula is C22H20F3N5OS. The number of halogens is 3. The molecule has 0 radical (unpaired) electrons. The van der Waals surface area contributed by atoms with E-state index in [1.54, 1.807) is 6.07 Å². The Hall–Kier alpha value is -2.77. The van der Waals surface area contributed by atoms with E-state index >= 15 is 4.39 Å². The Bertz CT molecular complexity index is 1260. The number of nitriles is 1. The number of nitrogens with one attached hydrogen (secondary N) is 1. The number of fused-ring (bicyclic) bond motifs is 1. The molecular weight excluding hydrogens is 439 g/mol. The van der Waals surface area contributed by atoms with Crippen LogP contribution in [0, 0.1) is 17.1 Å². The number of alkyl halides is 2. The Labute approximate surface area is 185 Å². The lowest BCUT2D eigenvalue weighted by atomic mass is 9.93. The van der Waals surface area contributed by atoms with Crippen LogP contribution in [0.4, 0.5) is 13.2 Å². The van der Waals surface area contributed by atoms with Gasteiger partial charge in [0.1, 0.15) is 28.9 Å². The molecule has 0 aromatic carbocycles. The van der Waals surface area contributed by atoms with Crippen molar-refractivity contribution in [2.24, 2.45) is 0 Å². The summed E-state index contributed by atoms with van der Waals surface area (Å²) in [6, 6.07) is 4.32. The van der Waals surface area contributed by atoms with Crippen LogP contribution >= 0.6 is 0 Å². The van der Waals surface area contributed by atoms with Crippen LogP contribution < -0.4 is 4.72 Å². The van der Waals surface area contributed by atoms with Crippen LogP contribution in [0.1, 0.15) is 61.4 Å². The Morgan fingerprint density at radius 3 is 2.72 bits per heavy atom. The first-order valence-corrected chi connectivity index (χ1v) is 11.7. The van der Waals surface area contributed by atoms with Crippen molar-refractivity contribution in [3.8, 4) is 17.3 Å². The van der Waals surface area contributed by atoms with E-state index in [0.29, 0.717) is 17.6 Å². The summed E-state index contributed by atoms with van der Waals surface area (Å²) in [4.78, 5) is 8.30. The van der Waals surface area contributed by atoms with E-state index in [0.717, 1.165) is 49.9 Å². The fourth-order valence-corrected chi connectivity index (χ4v) is 5.11. The van der Waals surface area contributed by atoms with Gasteiger partial charge < -0.3 is 4.57 Å². The van der Waals surface area contributed by atoms with Crippen molar-refractivity contribution in [1.29, 1.82) is 5.26 Å². The third kappa shape index (κ3) is 3.69. The second-order valence-corrected chi connectivity index (χ2v) is 9.74. The smallest absolute Gasteiger partial charge is 0.264 e. The lowest BCUT2D eigenvalue weighted by molar-refractivity contribution is 0.152. The fraction of sp³-hybridized carbons (Fsp3) is 0.409. The van der Waals surface area contributed by atoms with Gasteiger partial charge in [0, 0.05) is 46.7 Å². The van der Waals surface area contributed by atoms with E-state index in [-0.39, 0.29) is 28.2 Å². The van der Waals surface area contributed by atoms with Crippen molar-refractivity contribution >= 4 is 22.0 Å². The lowest BCUT2D eigenvalue weighted by Crippen LogP contribution is -2.20. The van der Waals surface area contributed by atoms with Crippen molar-refractivity contribution in [2.45, 2.75) is 56.4 Å². The molecule has 1 atom stereocenters. The molecule has 10 heteroatoms. The maximum Gasteiger partial charge on any atom is 0.264 e. The summed E-state index contributed by atoms with van der Waals surface area (Å²) in [6.07, 6.45) is 4.89. The number of hydrogen-bond acceptors (Lipinski definition) is 4. The molecule has 0 amide bonds. The van der Waals surface area contributed by atoms with Gasteiger partial charge in [0.2, 0.25) is 0 Å². The van der Waals surface area contributed by atoms with E-state index in [2.05, 4.69) is 14.7 Å². The first-order chi connectivity index (χ1) is 15.5. The van der Waals surface area contributed by atoms with Gasteiger partial charge in [-0.15, -0.1) is 0 Å². The Morgan fingerprint density at radius 1 is 1.31 bits per heavy atom. The maximum atomic E-state index is 15.3. The number of hydrogen-bond donors (Lipinski definition) is 1. The molecule has 32 heavy (non-hydrogen) atoms. The van der Waals surface area contributed by atoms with E-state index in [9.17, 15) is 18.3 Å². The second kappa shape index (κ2) is 8.30. The molecule has 0 saturated heterocycles. The third-order valence-corrected chi connectivity index (χ3v) is 7.61. The summed E-state index contributed by atoms with van der Waals surface area (Å²) in [5.74, 6) is -0.806. The number of aromatic nitrogens is 3. The molecule has 3 aromatic heterocycles. The highest BCUT2D eigenvalue weighted by Crippen LogP contribution is 2.39. The van der Waals surface area contributed by atoms with E-state index in [1.807, 2.05) is 10.8 Å². The average molecular weight is 459 g/mol. The van der Waals surface area contributed by atoms with E-state index in [1.165, 1.54) is 6.07 Å². The Morgan fingerprint density at radius 2 is 2.09 bits per heavy atom. The topological polar surface area (TPSA) is 83.6 Å². The quantitative estimate of drug-likeness (QED) is 0.556. The third-order valence-electron chi connectivity index (χ3n) is 6.10. The highest BCUT2D eigenvalue weighted by Gasteiger charge is 2.30. The minimum Gasteiger partial charge on any atom is -0.329 e. The van der Waals surface area contributed by atoms with Gasteiger partial charge in [-0.3, -0.25) is 0 Å². The minimum absolute atomic E-state index is 0.166. The van der Waals surface area contributed by atoms with Crippen molar-refractivity contribution in [2.75, 3.05) is 0 Å². The average Bonchev–Trinajstić information content (AvgIpc) is 3.54. The molecule has 5 rings (SSSR count). The summed E-state index contributed by atoms with van der Waals surface area (Å²) in [5, 5.41) is 10.1. The van der Waals surface area contributed by atoms with Gasteiger partial charge in [0.05, 0.1) is 11.0 Å². The zero-order valence-corrected chi connectivity index (χ0v) is 17.8. The minimum atomic E-state index is -2.91. The molecule has 0 bridgehead atoms. The van der Waals surface area contributed by atoms with Crippen molar-refractivity contribution in [3.63, 3.8) is 0 Å². The van der Waals surface area contributed by atoms with Crippen molar-refractivity contribution < 1.29 is 17.4 Å². The largest absolute Gasteiger partial charge is 0.329 e. The highest BCUT2D eigenvalue weighted by molar-refractivity contribution is 7.83. The monoisotopic (exact) mass is 459 g/mol. The van der Waals surface area contributed by atoms with Gasteiger partial charge in [0.25, 0.3) is 6.43 Å². The van der Waals surface area contributed by atoms with Gasteiger partial charge in [-0.1, -0.05) is 0 Å². The first kappa shape index (κ1) is 21.1. The molecule has 1 unspecified atom stereocenters. The number of pyridine rings is 2. The fourth-order valence-electron chi connectivity index (χ4n) is 4.01. The van der Waals surface area contributed by atoms with Crippen LogP contribution in [-0.4, -0.2) is 24.0 Å². The summed E-state index contributed by atoms with van der Waals surface area (Å²) >= 11 is 0. The lowest BCUT2D eigenvalue weighted by Gasteiger charge is -2.27. The van der Waals surface area contributed by atoms with Crippen molar-refractivity contribution in [3.05, 3.63) is 47.2 Å². The molecule has 0 aliphatic heterocycles. The molecule has 3 heterocycles. The van der Waals surface area contributed by atoms with E-state index < -0.39 is 28.8 Å². The molecule has 2 saturated carbocycles. The second-order valence-electron chi connectivity index (χ2n) is 8.19. The van der Waals surface area contributed by atoms with Crippen LogP contribution in [0.3, 0.4) is 0 Å². The van der Waals surface area contributed by atoms with Crippen LogP contribution in [0.5, 0.6) is 0 Å². The van der Waals surface area contributed by atoms with Gasteiger partial charge >= 0.3 is 0 Å². The molecule has 2 aliphatic rings. The molecule has 6 nitrogen and oxygen atoms in total. The normalized spacial score (nSPS) is 17.5. The summed E-state index contributed by atoms with van der Waals surface area (Å²) in [7, 11) is -1.15. The van der Waals surface area contributed by atoms with Crippen molar-refractivity contribution in [1.82, 2.24) is 19.3 Å². The van der Waals surface area contributed by atoms with Crippen LogP contribution in [0.15, 0.2) is 24.5 Å². The Balaban J connectivity index is 1.64.